The van der Waals surface area contributed by atoms with Crippen LogP contribution in [-0.4, -0.2) is 47.7 Å². The lowest BCUT2D eigenvalue weighted by atomic mass is 9.93. The summed E-state index contributed by atoms with van der Waals surface area (Å²) in [7, 11) is 1.48. The fourth-order valence-electron chi connectivity index (χ4n) is 1.95. The molecular formula is C11H19NO4. The third-order valence-corrected chi connectivity index (χ3v) is 3.22. The normalized spacial score (nSPS) is 27.6. The Labute approximate surface area is 95.4 Å². The molecule has 1 aliphatic rings. The van der Waals surface area contributed by atoms with E-state index in [0.717, 1.165) is 6.42 Å². The molecule has 0 aliphatic carbocycles. The first-order chi connectivity index (χ1) is 7.47. The Morgan fingerprint density at radius 1 is 1.44 bits per heavy atom. The highest BCUT2D eigenvalue weighted by molar-refractivity contribution is 5.82. The van der Waals surface area contributed by atoms with E-state index in [-0.39, 0.29) is 11.9 Å². The summed E-state index contributed by atoms with van der Waals surface area (Å²) in [6.07, 6.45) is 0.871. The highest BCUT2D eigenvalue weighted by Gasteiger charge is 2.34. The van der Waals surface area contributed by atoms with Crippen LogP contribution in [-0.2, 0) is 14.3 Å². The topological polar surface area (TPSA) is 66.8 Å². The second-order valence-corrected chi connectivity index (χ2v) is 4.33. The van der Waals surface area contributed by atoms with Crippen molar-refractivity contribution < 1.29 is 19.4 Å². The Morgan fingerprint density at radius 3 is 2.56 bits per heavy atom. The number of hydrogen-bond acceptors (Lipinski definition) is 3. The summed E-state index contributed by atoms with van der Waals surface area (Å²) in [5.74, 6) is -1.39. The molecule has 1 saturated heterocycles. The number of piperidine rings is 1. The van der Waals surface area contributed by atoms with Crippen LogP contribution in [0.25, 0.3) is 0 Å². The lowest BCUT2D eigenvalue weighted by molar-refractivity contribution is -0.151. The lowest BCUT2D eigenvalue weighted by Gasteiger charge is -2.37. The predicted octanol–water partition coefficient (Wildman–Crippen LogP) is 0.733. The van der Waals surface area contributed by atoms with Crippen molar-refractivity contribution in [2.75, 3.05) is 13.7 Å². The first-order valence-corrected chi connectivity index (χ1v) is 5.53. The van der Waals surface area contributed by atoms with Crippen molar-refractivity contribution in [1.29, 1.82) is 0 Å². The van der Waals surface area contributed by atoms with Gasteiger partial charge in [0.2, 0.25) is 0 Å². The SMILES string of the molecule is COC(C)C(=O)N1CC(C(=O)O)CCC1C. The summed E-state index contributed by atoms with van der Waals surface area (Å²) in [6, 6.07) is 0.0979. The van der Waals surface area contributed by atoms with Gasteiger partial charge in [-0.2, -0.15) is 0 Å². The zero-order valence-corrected chi connectivity index (χ0v) is 9.97. The molecule has 5 heteroatoms. The number of amides is 1. The number of aliphatic carboxylic acids is 1. The van der Waals surface area contributed by atoms with Crippen LogP contribution in [0.5, 0.6) is 0 Å². The number of carbonyl (C=O) groups excluding carboxylic acids is 1. The summed E-state index contributed by atoms with van der Waals surface area (Å²) in [6.45, 7) is 3.92. The summed E-state index contributed by atoms with van der Waals surface area (Å²) in [5.41, 5.74) is 0. The van der Waals surface area contributed by atoms with Crippen LogP contribution in [0, 0.1) is 5.92 Å². The standard InChI is InChI=1S/C11H19NO4/c1-7-4-5-9(11(14)15)6-12(7)10(13)8(2)16-3/h7-9H,4-6H2,1-3H3,(H,14,15). The number of nitrogens with zero attached hydrogens (tertiary/aromatic N) is 1. The number of hydrogen-bond donors (Lipinski definition) is 1. The van der Waals surface area contributed by atoms with Gasteiger partial charge in [-0.3, -0.25) is 9.59 Å². The Balaban J connectivity index is 2.69. The second kappa shape index (κ2) is 5.30. The van der Waals surface area contributed by atoms with Crippen LogP contribution in [0.15, 0.2) is 0 Å². The Bertz CT molecular complexity index is 279. The molecule has 92 valence electrons. The molecule has 1 aliphatic heterocycles. The molecule has 1 heterocycles. The van der Waals surface area contributed by atoms with Crippen LogP contribution >= 0.6 is 0 Å². The molecule has 3 unspecified atom stereocenters. The van der Waals surface area contributed by atoms with Crippen molar-refractivity contribution in [3.8, 4) is 0 Å². The fourth-order valence-corrected chi connectivity index (χ4v) is 1.95. The average Bonchev–Trinajstić information content (AvgIpc) is 2.27. The van der Waals surface area contributed by atoms with Gasteiger partial charge in [-0.25, -0.2) is 0 Å². The monoisotopic (exact) mass is 229 g/mol. The van der Waals surface area contributed by atoms with Gasteiger partial charge in [0.15, 0.2) is 0 Å². The van der Waals surface area contributed by atoms with Gasteiger partial charge in [0.1, 0.15) is 6.10 Å². The van der Waals surface area contributed by atoms with Gasteiger partial charge in [0, 0.05) is 19.7 Å². The van der Waals surface area contributed by atoms with Crippen molar-refractivity contribution >= 4 is 11.9 Å². The Morgan fingerprint density at radius 2 is 2.06 bits per heavy atom. The van der Waals surface area contributed by atoms with E-state index in [1.165, 1.54) is 7.11 Å². The van der Waals surface area contributed by atoms with Crippen molar-refractivity contribution in [2.24, 2.45) is 5.92 Å². The molecule has 1 rings (SSSR count). The molecule has 0 spiro atoms. The van der Waals surface area contributed by atoms with Crippen LogP contribution in [0.3, 0.4) is 0 Å². The average molecular weight is 229 g/mol. The van der Waals surface area contributed by atoms with Crippen LogP contribution in [0.4, 0.5) is 0 Å². The zero-order valence-electron chi connectivity index (χ0n) is 9.97. The maximum absolute atomic E-state index is 11.9. The zero-order chi connectivity index (χ0) is 12.3. The highest BCUT2D eigenvalue weighted by Crippen LogP contribution is 2.23. The molecule has 0 aromatic heterocycles. The van der Waals surface area contributed by atoms with Crippen LogP contribution in [0.1, 0.15) is 26.7 Å². The lowest BCUT2D eigenvalue weighted by Crippen LogP contribution is -2.50. The maximum atomic E-state index is 11.9. The molecule has 0 saturated carbocycles. The fraction of sp³-hybridized carbons (Fsp3) is 0.818. The van der Waals surface area contributed by atoms with Crippen molar-refractivity contribution in [3.05, 3.63) is 0 Å². The van der Waals surface area contributed by atoms with Crippen molar-refractivity contribution in [3.63, 3.8) is 0 Å². The molecule has 1 amide bonds. The van der Waals surface area contributed by atoms with Gasteiger partial charge < -0.3 is 14.7 Å². The van der Waals surface area contributed by atoms with E-state index in [0.29, 0.717) is 13.0 Å². The first kappa shape index (κ1) is 13.0. The number of carboxylic acid groups (broad SMARTS) is 1. The number of rotatable bonds is 3. The van der Waals surface area contributed by atoms with Gasteiger partial charge in [0.05, 0.1) is 5.92 Å². The molecule has 3 atom stereocenters. The molecule has 0 radical (unpaired) electrons. The van der Waals surface area contributed by atoms with E-state index in [9.17, 15) is 9.59 Å². The highest BCUT2D eigenvalue weighted by atomic mass is 16.5. The molecule has 0 aromatic rings. The molecule has 16 heavy (non-hydrogen) atoms. The van der Waals surface area contributed by atoms with E-state index >= 15 is 0 Å². The third kappa shape index (κ3) is 2.72. The van der Waals surface area contributed by atoms with E-state index in [2.05, 4.69) is 0 Å². The molecule has 5 nitrogen and oxygen atoms in total. The number of carbonyl (C=O) groups is 2. The van der Waals surface area contributed by atoms with Crippen molar-refractivity contribution in [1.82, 2.24) is 4.90 Å². The Kier molecular flexibility index (Phi) is 4.29. The number of carboxylic acids is 1. The van der Waals surface area contributed by atoms with E-state index in [4.69, 9.17) is 9.84 Å². The minimum Gasteiger partial charge on any atom is -0.481 e. The van der Waals surface area contributed by atoms with E-state index < -0.39 is 18.0 Å². The largest absolute Gasteiger partial charge is 0.481 e. The van der Waals surface area contributed by atoms with Gasteiger partial charge >= 0.3 is 5.97 Å². The number of likely N-dealkylation sites (tertiary alicyclic amines) is 1. The molecule has 0 aromatic carbocycles. The molecule has 0 bridgehead atoms. The van der Waals surface area contributed by atoms with Gasteiger partial charge in [-0.15, -0.1) is 0 Å². The summed E-state index contributed by atoms with van der Waals surface area (Å²) < 4.78 is 4.97. The summed E-state index contributed by atoms with van der Waals surface area (Å²) >= 11 is 0. The number of ether oxygens (including phenoxy) is 1. The summed E-state index contributed by atoms with van der Waals surface area (Å²) in [4.78, 5) is 24.4. The van der Waals surface area contributed by atoms with Crippen LogP contribution in [0.2, 0.25) is 0 Å². The van der Waals surface area contributed by atoms with Gasteiger partial charge in [0.25, 0.3) is 5.91 Å². The quantitative estimate of drug-likeness (QED) is 0.774. The number of methoxy groups -OCH3 is 1. The second-order valence-electron chi connectivity index (χ2n) is 4.33. The smallest absolute Gasteiger partial charge is 0.308 e. The minimum absolute atomic E-state index is 0.0979. The molecule has 1 fully saturated rings. The van der Waals surface area contributed by atoms with E-state index in [1.807, 2.05) is 6.92 Å². The van der Waals surface area contributed by atoms with E-state index in [1.54, 1.807) is 11.8 Å². The third-order valence-electron chi connectivity index (χ3n) is 3.22. The first-order valence-electron chi connectivity index (χ1n) is 5.53. The molecular weight excluding hydrogens is 210 g/mol. The molecule has 1 N–H and O–H groups in total. The predicted molar refractivity (Wildman–Crippen MR) is 58.0 cm³/mol. The van der Waals surface area contributed by atoms with Crippen LogP contribution < -0.4 is 0 Å². The minimum atomic E-state index is -0.824. The Hall–Kier alpha value is -1.10. The van der Waals surface area contributed by atoms with Gasteiger partial charge in [-0.1, -0.05) is 0 Å². The maximum Gasteiger partial charge on any atom is 0.308 e. The van der Waals surface area contributed by atoms with Gasteiger partial charge in [-0.05, 0) is 26.7 Å². The van der Waals surface area contributed by atoms with Crippen molar-refractivity contribution in [2.45, 2.75) is 38.8 Å². The summed E-state index contributed by atoms with van der Waals surface area (Å²) in [5, 5.41) is 8.95.